The first-order chi connectivity index (χ1) is 12.0. The number of methoxy groups -OCH3 is 2. The van der Waals surface area contributed by atoms with Gasteiger partial charge in [-0.1, -0.05) is 26.8 Å². The van der Waals surface area contributed by atoms with E-state index in [4.69, 9.17) is 14.2 Å². The average Bonchev–Trinajstić information content (AvgIpc) is 2.49. The molecule has 146 valence electrons. The van der Waals surface area contributed by atoms with Crippen LogP contribution in [0.1, 0.15) is 46.6 Å². The summed E-state index contributed by atoms with van der Waals surface area (Å²) in [5.74, 6) is 0.352. The number of esters is 1. The summed E-state index contributed by atoms with van der Waals surface area (Å²) in [6.45, 7) is 9.97. The molecular formula is C20H31NO5. The van der Waals surface area contributed by atoms with E-state index < -0.39 is 5.97 Å². The number of hydrogen-bond acceptors (Lipinski definition) is 5. The molecule has 0 unspecified atom stereocenters. The van der Waals surface area contributed by atoms with Crippen LogP contribution in [0.15, 0.2) is 18.2 Å². The van der Waals surface area contributed by atoms with Crippen LogP contribution in [-0.4, -0.2) is 38.2 Å². The van der Waals surface area contributed by atoms with E-state index in [1.165, 1.54) is 7.11 Å². The van der Waals surface area contributed by atoms with Crippen LogP contribution in [0.3, 0.4) is 0 Å². The van der Waals surface area contributed by atoms with Gasteiger partial charge in [-0.2, -0.15) is 0 Å². The summed E-state index contributed by atoms with van der Waals surface area (Å²) in [5.41, 5.74) is 0.438. The fourth-order valence-electron chi connectivity index (χ4n) is 3.14. The predicted octanol–water partition coefficient (Wildman–Crippen LogP) is 3.12. The molecule has 0 bridgehead atoms. The van der Waals surface area contributed by atoms with Crippen LogP contribution in [-0.2, 0) is 20.7 Å². The molecule has 0 aromatic heterocycles. The number of nitrogens with one attached hydrogen (secondary N) is 1. The second-order valence-electron chi connectivity index (χ2n) is 8.20. The third kappa shape index (κ3) is 7.76. The van der Waals surface area contributed by atoms with Gasteiger partial charge < -0.3 is 19.5 Å². The molecule has 0 atom stereocenters. The Kier molecular flexibility index (Phi) is 7.48. The summed E-state index contributed by atoms with van der Waals surface area (Å²) in [4.78, 5) is 24.1. The molecular weight excluding hydrogens is 334 g/mol. The molecule has 1 N–H and O–H groups in total. The molecule has 0 saturated carbocycles. The molecule has 0 aliphatic carbocycles. The van der Waals surface area contributed by atoms with Gasteiger partial charge >= 0.3 is 5.97 Å². The van der Waals surface area contributed by atoms with E-state index >= 15 is 0 Å². The summed E-state index contributed by atoms with van der Waals surface area (Å²) < 4.78 is 15.5. The van der Waals surface area contributed by atoms with Crippen LogP contribution < -0.4 is 14.8 Å². The van der Waals surface area contributed by atoms with Gasteiger partial charge in [0.2, 0.25) is 0 Å². The average molecular weight is 365 g/mol. The highest BCUT2D eigenvalue weighted by atomic mass is 16.5. The monoisotopic (exact) mass is 365 g/mol. The van der Waals surface area contributed by atoms with Gasteiger partial charge in [0.25, 0.3) is 5.91 Å². The van der Waals surface area contributed by atoms with Crippen molar-refractivity contribution in [3.8, 4) is 11.5 Å². The van der Waals surface area contributed by atoms with E-state index in [1.807, 2.05) is 13.8 Å². The van der Waals surface area contributed by atoms with Crippen molar-refractivity contribution in [2.45, 2.75) is 53.0 Å². The van der Waals surface area contributed by atoms with Gasteiger partial charge in [-0.3, -0.25) is 9.59 Å². The molecule has 1 aromatic rings. The number of carbonyl (C=O) groups excluding carboxylic acids is 2. The lowest BCUT2D eigenvalue weighted by atomic mass is 9.82. The van der Waals surface area contributed by atoms with Crippen molar-refractivity contribution >= 4 is 11.9 Å². The molecule has 0 fully saturated rings. The van der Waals surface area contributed by atoms with Crippen LogP contribution in [0.25, 0.3) is 0 Å². The molecule has 6 heteroatoms. The molecule has 0 radical (unpaired) electrons. The molecule has 1 aromatic carbocycles. The van der Waals surface area contributed by atoms with Gasteiger partial charge in [0.15, 0.2) is 18.1 Å². The second-order valence-corrected chi connectivity index (χ2v) is 8.20. The minimum absolute atomic E-state index is 0.0546. The Morgan fingerprint density at radius 3 is 2.15 bits per heavy atom. The zero-order chi connectivity index (χ0) is 20.0. The lowest BCUT2D eigenvalue weighted by molar-refractivity contribution is -0.148. The first-order valence-corrected chi connectivity index (χ1v) is 8.63. The van der Waals surface area contributed by atoms with Crippen molar-refractivity contribution in [2.75, 3.05) is 20.8 Å². The van der Waals surface area contributed by atoms with Gasteiger partial charge in [-0.25, -0.2) is 0 Å². The van der Waals surface area contributed by atoms with Crippen LogP contribution in [0.2, 0.25) is 0 Å². The zero-order valence-electron chi connectivity index (χ0n) is 16.9. The molecule has 1 amide bonds. The number of carbonyl (C=O) groups is 2. The summed E-state index contributed by atoms with van der Waals surface area (Å²) in [6.07, 6.45) is 0.865. The lowest BCUT2D eigenvalue weighted by Crippen LogP contribution is -2.47. The van der Waals surface area contributed by atoms with Crippen molar-refractivity contribution < 1.29 is 23.8 Å². The van der Waals surface area contributed by atoms with Gasteiger partial charge in [0.05, 0.1) is 20.6 Å². The number of hydrogen-bond donors (Lipinski definition) is 1. The Morgan fingerprint density at radius 1 is 1.00 bits per heavy atom. The SMILES string of the molecule is COc1ccc(CC(=O)OCC(=O)NC(C)(C)CC(C)(C)C)cc1OC. The minimum atomic E-state index is -0.471. The van der Waals surface area contributed by atoms with E-state index in [2.05, 4.69) is 26.1 Å². The van der Waals surface area contributed by atoms with Gasteiger partial charge in [0, 0.05) is 5.54 Å². The van der Waals surface area contributed by atoms with E-state index in [1.54, 1.807) is 25.3 Å². The first-order valence-electron chi connectivity index (χ1n) is 8.63. The first kappa shape index (κ1) is 21.8. The molecule has 0 heterocycles. The largest absolute Gasteiger partial charge is 0.493 e. The molecule has 0 saturated heterocycles. The smallest absolute Gasteiger partial charge is 0.310 e. The van der Waals surface area contributed by atoms with E-state index in [9.17, 15) is 9.59 Å². The number of amides is 1. The van der Waals surface area contributed by atoms with Crippen molar-refractivity contribution in [3.63, 3.8) is 0 Å². The molecule has 0 spiro atoms. The summed E-state index contributed by atoms with van der Waals surface area (Å²) in [5, 5.41) is 2.91. The highest BCUT2D eigenvalue weighted by Gasteiger charge is 2.27. The Morgan fingerprint density at radius 2 is 1.62 bits per heavy atom. The Bertz CT molecular complexity index is 632. The minimum Gasteiger partial charge on any atom is -0.493 e. The van der Waals surface area contributed by atoms with Crippen LogP contribution in [0.4, 0.5) is 0 Å². The van der Waals surface area contributed by atoms with Crippen LogP contribution in [0.5, 0.6) is 11.5 Å². The normalized spacial score (nSPS) is 11.7. The van der Waals surface area contributed by atoms with Gasteiger partial charge in [-0.05, 0) is 43.4 Å². The highest BCUT2D eigenvalue weighted by molar-refractivity contribution is 5.81. The third-order valence-corrected chi connectivity index (χ3v) is 3.61. The highest BCUT2D eigenvalue weighted by Crippen LogP contribution is 2.28. The van der Waals surface area contributed by atoms with Gasteiger partial charge in [0.1, 0.15) is 0 Å². The topological polar surface area (TPSA) is 73.9 Å². The number of rotatable bonds is 8. The van der Waals surface area contributed by atoms with Crippen molar-refractivity contribution in [1.82, 2.24) is 5.32 Å². The quantitative estimate of drug-likeness (QED) is 0.717. The van der Waals surface area contributed by atoms with Crippen molar-refractivity contribution in [3.05, 3.63) is 23.8 Å². The number of ether oxygens (including phenoxy) is 3. The fraction of sp³-hybridized carbons (Fsp3) is 0.600. The maximum Gasteiger partial charge on any atom is 0.310 e. The maximum absolute atomic E-state index is 12.1. The second kappa shape index (κ2) is 8.92. The lowest BCUT2D eigenvalue weighted by Gasteiger charge is -2.33. The van der Waals surface area contributed by atoms with E-state index in [-0.39, 0.29) is 29.9 Å². The van der Waals surface area contributed by atoms with Crippen molar-refractivity contribution in [2.24, 2.45) is 5.41 Å². The van der Waals surface area contributed by atoms with Crippen molar-refractivity contribution in [1.29, 1.82) is 0 Å². The molecule has 0 aliphatic heterocycles. The Labute approximate surface area is 156 Å². The maximum atomic E-state index is 12.1. The molecule has 1 rings (SSSR count). The van der Waals surface area contributed by atoms with E-state index in [0.29, 0.717) is 11.5 Å². The Hall–Kier alpha value is -2.24. The summed E-state index contributed by atoms with van der Waals surface area (Å²) >= 11 is 0. The summed E-state index contributed by atoms with van der Waals surface area (Å²) in [7, 11) is 3.08. The predicted molar refractivity (Wildman–Crippen MR) is 101 cm³/mol. The Balaban J connectivity index is 2.53. The standard InChI is InChI=1S/C20H31NO5/c1-19(2,3)13-20(4,5)21-17(22)12-26-18(23)11-14-8-9-15(24-6)16(10-14)25-7/h8-10H,11-13H2,1-7H3,(H,21,22). The molecule has 26 heavy (non-hydrogen) atoms. The van der Waals surface area contributed by atoms with Crippen LogP contribution >= 0.6 is 0 Å². The number of benzene rings is 1. The molecule has 6 nitrogen and oxygen atoms in total. The summed E-state index contributed by atoms with van der Waals surface area (Å²) in [6, 6.07) is 5.20. The fourth-order valence-corrected chi connectivity index (χ4v) is 3.14. The van der Waals surface area contributed by atoms with Gasteiger partial charge in [-0.15, -0.1) is 0 Å². The van der Waals surface area contributed by atoms with E-state index in [0.717, 1.165) is 12.0 Å². The van der Waals surface area contributed by atoms with Crippen LogP contribution in [0, 0.1) is 5.41 Å². The molecule has 0 aliphatic rings. The zero-order valence-corrected chi connectivity index (χ0v) is 16.9. The third-order valence-electron chi connectivity index (χ3n) is 3.61.